The van der Waals surface area contributed by atoms with E-state index in [9.17, 15) is 10.1 Å². The molecule has 14 heavy (non-hydrogen) atoms. The summed E-state index contributed by atoms with van der Waals surface area (Å²) in [5.74, 6) is 0. The van der Waals surface area contributed by atoms with Crippen molar-refractivity contribution in [3.05, 3.63) is 46.8 Å². The number of hydrogen-bond acceptors (Lipinski definition) is 4. The van der Waals surface area contributed by atoms with Gasteiger partial charge in [-0.25, -0.2) is 0 Å². The van der Waals surface area contributed by atoms with Gasteiger partial charge in [-0.15, -0.1) is 0 Å². The highest BCUT2D eigenvalue weighted by Crippen LogP contribution is 2.31. The molecule has 70 valence electrons. The summed E-state index contributed by atoms with van der Waals surface area (Å²) in [6.45, 7) is 0. The molecular weight excluding hydrogens is 200 g/mol. The van der Waals surface area contributed by atoms with Crippen molar-refractivity contribution in [1.29, 1.82) is 0 Å². The van der Waals surface area contributed by atoms with E-state index in [-0.39, 0.29) is 9.92 Å². The molecule has 2 heterocycles. The number of nitro groups is 1. The second-order valence-corrected chi connectivity index (χ2v) is 3.69. The first kappa shape index (κ1) is 8.83. The van der Waals surface area contributed by atoms with Gasteiger partial charge < -0.3 is 0 Å². The van der Waals surface area contributed by atoms with Crippen LogP contribution in [-0.2, 0) is 0 Å². The molecule has 0 N–H and O–H groups in total. The molecule has 0 atom stereocenters. The van der Waals surface area contributed by atoms with Crippen LogP contribution >= 0.6 is 11.3 Å². The Morgan fingerprint density at radius 2 is 1.93 bits per heavy atom. The third kappa shape index (κ3) is 1.62. The van der Waals surface area contributed by atoms with E-state index >= 15 is 0 Å². The van der Waals surface area contributed by atoms with Gasteiger partial charge in [-0.2, -0.15) is 0 Å². The first-order valence-electron chi connectivity index (χ1n) is 3.92. The molecule has 0 amide bonds. The van der Waals surface area contributed by atoms with Gasteiger partial charge >= 0.3 is 5.00 Å². The molecule has 0 aliphatic heterocycles. The monoisotopic (exact) mass is 206 g/mol. The largest absolute Gasteiger partial charge is 0.324 e. The predicted octanol–water partition coefficient (Wildman–Crippen LogP) is 2.72. The summed E-state index contributed by atoms with van der Waals surface area (Å²) >= 11 is 1.17. The summed E-state index contributed by atoms with van der Waals surface area (Å²) < 4.78 is 0. The van der Waals surface area contributed by atoms with Gasteiger partial charge in [-0.05, 0) is 23.8 Å². The fourth-order valence-corrected chi connectivity index (χ4v) is 1.92. The van der Waals surface area contributed by atoms with Gasteiger partial charge in [0, 0.05) is 23.3 Å². The fourth-order valence-electron chi connectivity index (χ4n) is 1.10. The molecular formula is C9H6N2O2S. The normalized spacial score (nSPS) is 10.0. The Bertz CT molecular complexity index is 453. The molecule has 0 unspecified atom stereocenters. The smallest absolute Gasteiger partial charge is 0.265 e. The van der Waals surface area contributed by atoms with Crippen LogP contribution in [0.2, 0.25) is 0 Å². The first-order valence-corrected chi connectivity index (χ1v) is 4.73. The van der Waals surface area contributed by atoms with Crippen LogP contribution in [-0.4, -0.2) is 9.91 Å². The Morgan fingerprint density at radius 1 is 1.21 bits per heavy atom. The minimum atomic E-state index is -0.380. The zero-order valence-electron chi connectivity index (χ0n) is 7.08. The minimum Gasteiger partial charge on any atom is -0.265 e. The Labute approximate surface area is 84.0 Å². The van der Waals surface area contributed by atoms with E-state index in [1.54, 1.807) is 18.5 Å². The van der Waals surface area contributed by atoms with E-state index in [1.807, 2.05) is 12.1 Å². The molecule has 4 nitrogen and oxygen atoms in total. The molecule has 0 aromatic carbocycles. The Hall–Kier alpha value is -1.75. The highest BCUT2D eigenvalue weighted by Gasteiger charge is 2.10. The summed E-state index contributed by atoms with van der Waals surface area (Å²) in [5, 5.41) is 10.6. The molecule has 0 bridgehead atoms. The maximum absolute atomic E-state index is 10.4. The van der Waals surface area contributed by atoms with Crippen LogP contribution in [0, 0.1) is 10.1 Å². The number of pyridine rings is 1. The van der Waals surface area contributed by atoms with Crippen molar-refractivity contribution in [2.45, 2.75) is 0 Å². The predicted molar refractivity (Wildman–Crippen MR) is 54.2 cm³/mol. The van der Waals surface area contributed by atoms with Gasteiger partial charge in [0.25, 0.3) is 0 Å². The summed E-state index contributed by atoms with van der Waals surface area (Å²) in [4.78, 5) is 14.8. The number of rotatable bonds is 2. The van der Waals surface area contributed by atoms with E-state index in [0.717, 1.165) is 10.4 Å². The Morgan fingerprint density at radius 3 is 2.50 bits per heavy atom. The zero-order chi connectivity index (χ0) is 9.97. The highest BCUT2D eigenvalue weighted by molar-refractivity contribution is 7.18. The average molecular weight is 206 g/mol. The molecule has 2 aromatic heterocycles. The Balaban J connectivity index is 2.39. The number of hydrogen-bond donors (Lipinski definition) is 0. The Kier molecular flexibility index (Phi) is 2.24. The van der Waals surface area contributed by atoms with Crippen LogP contribution in [0.5, 0.6) is 0 Å². The molecule has 0 aliphatic carbocycles. The lowest BCUT2D eigenvalue weighted by Crippen LogP contribution is -1.80. The van der Waals surface area contributed by atoms with Crippen molar-refractivity contribution in [3.63, 3.8) is 0 Å². The van der Waals surface area contributed by atoms with E-state index in [1.165, 1.54) is 17.4 Å². The van der Waals surface area contributed by atoms with Crippen LogP contribution in [0.3, 0.4) is 0 Å². The molecule has 0 spiro atoms. The SMILES string of the molecule is O=[N+]([O-])c1ccc(-c2ccncc2)s1. The average Bonchev–Trinajstić information content (AvgIpc) is 2.68. The van der Waals surface area contributed by atoms with Crippen LogP contribution in [0.1, 0.15) is 0 Å². The lowest BCUT2D eigenvalue weighted by atomic mass is 10.2. The van der Waals surface area contributed by atoms with Gasteiger partial charge in [-0.1, -0.05) is 11.3 Å². The number of nitrogens with zero attached hydrogens (tertiary/aromatic N) is 2. The number of aromatic nitrogens is 1. The maximum atomic E-state index is 10.4. The van der Waals surface area contributed by atoms with E-state index in [0.29, 0.717) is 0 Å². The van der Waals surface area contributed by atoms with Crippen LogP contribution < -0.4 is 0 Å². The van der Waals surface area contributed by atoms with Crippen LogP contribution in [0.4, 0.5) is 5.00 Å². The van der Waals surface area contributed by atoms with Gasteiger partial charge in [0.05, 0.1) is 4.92 Å². The van der Waals surface area contributed by atoms with Crippen LogP contribution in [0.25, 0.3) is 10.4 Å². The summed E-state index contributed by atoms with van der Waals surface area (Å²) in [5.41, 5.74) is 0.957. The summed E-state index contributed by atoms with van der Waals surface area (Å²) in [6, 6.07) is 6.92. The molecule has 0 fully saturated rings. The fraction of sp³-hybridized carbons (Fsp3) is 0. The lowest BCUT2D eigenvalue weighted by molar-refractivity contribution is -0.380. The third-order valence-corrected chi connectivity index (χ3v) is 2.82. The van der Waals surface area contributed by atoms with E-state index in [2.05, 4.69) is 4.98 Å². The molecule has 0 radical (unpaired) electrons. The lowest BCUT2D eigenvalue weighted by Gasteiger charge is -1.92. The quantitative estimate of drug-likeness (QED) is 0.560. The van der Waals surface area contributed by atoms with Gasteiger partial charge in [0.2, 0.25) is 0 Å². The summed E-state index contributed by atoms with van der Waals surface area (Å²) in [6.07, 6.45) is 3.34. The molecule has 2 rings (SSSR count). The molecule has 2 aromatic rings. The van der Waals surface area contributed by atoms with Crippen LogP contribution in [0.15, 0.2) is 36.7 Å². The van der Waals surface area contributed by atoms with Crippen molar-refractivity contribution in [2.24, 2.45) is 0 Å². The van der Waals surface area contributed by atoms with Crippen molar-refractivity contribution < 1.29 is 4.92 Å². The topological polar surface area (TPSA) is 56.0 Å². The summed E-state index contributed by atoms with van der Waals surface area (Å²) in [7, 11) is 0. The molecule has 5 heteroatoms. The van der Waals surface area contributed by atoms with E-state index < -0.39 is 0 Å². The number of thiophene rings is 1. The van der Waals surface area contributed by atoms with E-state index in [4.69, 9.17) is 0 Å². The minimum absolute atomic E-state index is 0.164. The zero-order valence-corrected chi connectivity index (χ0v) is 7.90. The molecule has 0 saturated carbocycles. The maximum Gasteiger partial charge on any atom is 0.324 e. The van der Waals surface area contributed by atoms with Gasteiger partial charge in [-0.3, -0.25) is 15.1 Å². The third-order valence-electron chi connectivity index (χ3n) is 1.74. The van der Waals surface area contributed by atoms with Crippen molar-refractivity contribution in [1.82, 2.24) is 4.98 Å². The second-order valence-electron chi connectivity index (χ2n) is 2.63. The second kappa shape index (κ2) is 3.55. The standard InChI is InChI=1S/C9H6N2O2S/c12-11(13)9-2-1-8(14-9)7-3-5-10-6-4-7/h1-6H. The first-order chi connectivity index (χ1) is 6.77. The van der Waals surface area contributed by atoms with Gasteiger partial charge in [0.1, 0.15) is 0 Å². The van der Waals surface area contributed by atoms with Crippen molar-refractivity contribution in [2.75, 3.05) is 0 Å². The molecule has 0 aliphatic rings. The highest BCUT2D eigenvalue weighted by atomic mass is 32.1. The molecule has 0 saturated heterocycles. The van der Waals surface area contributed by atoms with Crippen molar-refractivity contribution in [3.8, 4) is 10.4 Å². The van der Waals surface area contributed by atoms with Gasteiger partial charge in [0.15, 0.2) is 0 Å². The van der Waals surface area contributed by atoms with Crippen molar-refractivity contribution >= 4 is 16.3 Å².